The van der Waals surface area contributed by atoms with Crippen LogP contribution in [0.4, 0.5) is 0 Å². The number of benzene rings is 1. The maximum absolute atomic E-state index is 13.2. The number of thiophene rings is 1. The van der Waals surface area contributed by atoms with E-state index in [0.29, 0.717) is 34.5 Å². The van der Waals surface area contributed by atoms with E-state index in [1.54, 1.807) is 29.2 Å². The van der Waals surface area contributed by atoms with E-state index in [2.05, 4.69) is 4.98 Å². The van der Waals surface area contributed by atoms with Crippen LogP contribution in [0, 0.1) is 13.8 Å². The number of fused-ring (bicyclic) bond motifs is 2. The first-order valence-corrected chi connectivity index (χ1v) is 11.3. The second-order valence-corrected chi connectivity index (χ2v) is 9.26. The van der Waals surface area contributed by atoms with Gasteiger partial charge in [0.15, 0.2) is 5.16 Å². The van der Waals surface area contributed by atoms with Gasteiger partial charge >= 0.3 is 0 Å². The fourth-order valence-corrected chi connectivity index (χ4v) is 5.55. The van der Waals surface area contributed by atoms with Crippen molar-refractivity contribution in [2.75, 3.05) is 13.7 Å². The number of hydrogen-bond donors (Lipinski definition) is 0. The fraction of sp³-hybridized carbons (Fsp3) is 0.286. The summed E-state index contributed by atoms with van der Waals surface area (Å²) in [6, 6.07) is 7.72. The molecule has 3 aromatic heterocycles. The zero-order valence-electron chi connectivity index (χ0n) is 16.4. The molecule has 0 saturated carbocycles. The predicted molar refractivity (Wildman–Crippen MR) is 122 cm³/mol. The number of aryl methyl sites for hydroxylation is 2. The van der Waals surface area contributed by atoms with Crippen LogP contribution in [0.15, 0.2) is 40.4 Å². The second-order valence-electron chi connectivity index (χ2n) is 6.70. The van der Waals surface area contributed by atoms with Gasteiger partial charge in [-0.15, -0.1) is 11.3 Å². The van der Waals surface area contributed by atoms with Gasteiger partial charge < -0.3 is 4.74 Å². The molecule has 0 fully saturated rings. The van der Waals surface area contributed by atoms with Gasteiger partial charge in [-0.3, -0.25) is 14.3 Å². The minimum atomic E-state index is -0.00418. The first kappa shape index (κ1) is 20.3. The molecule has 0 saturated heterocycles. The normalized spacial score (nSPS) is 11.6. The van der Waals surface area contributed by atoms with Gasteiger partial charge in [0.25, 0.3) is 5.56 Å². The lowest BCUT2D eigenvalue weighted by Crippen LogP contribution is -2.25. The second kappa shape index (κ2) is 8.44. The fourth-order valence-electron chi connectivity index (χ4n) is 3.25. The molecule has 0 bridgehead atoms. The highest BCUT2D eigenvalue weighted by atomic mass is 35.5. The van der Waals surface area contributed by atoms with Crippen molar-refractivity contribution in [2.24, 2.45) is 0 Å². The molecule has 0 amide bonds. The molecule has 0 unspecified atom stereocenters. The molecular formula is C21H20ClN3O2S2. The van der Waals surface area contributed by atoms with E-state index in [9.17, 15) is 4.79 Å². The number of nitrogens with zero attached hydrogens (tertiary/aromatic N) is 3. The monoisotopic (exact) mass is 445 g/mol. The van der Waals surface area contributed by atoms with E-state index in [0.717, 1.165) is 31.7 Å². The Labute approximate surface area is 181 Å². The summed E-state index contributed by atoms with van der Waals surface area (Å²) < 4.78 is 6.94. The quantitative estimate of drug-likeness (QED) is 0.301. The Morgan fingerprint density at radius 3 is 2.90 bits per heavy atom. The molecule has 0 spiro atoms. The average Bonchev–Trinajstić information content (AvgIpc) is 3.01. The summed E-state index contributed by atoms with van der Waals surface area (Å²) in [6.07, 6.45) is 1.77. The van der Waals surface area contributed by atoms with Crippen molar-refractivity contribution >= 4 is 55.8 Å². The van der Waals surface area contributed by atoms with Crippen LogP contribution in [-0.2, 0) is 17.0 Å². The molecule has 0 aliphatic heterocycles. The van der Waals surface area contributed by atoms with Gasteiger partial charge in [0.05, 0.1) is 24.1 Å². The van der Waals surface area contributed by atoms with E-state index < -0.39 is 0 Å². The zero-order chi connectivity index (χ0) is 20.5. The molecule has 0 N–H and O–H groups in total. The van der Waals surface area contributed by atoms with Crippen molar-refractivity contribution in [3.05, 3.63) is 61.8 Å². The molecule has 3 heterocycles. The van der Waals surface area contributed by atoms with Crippen molar-refractivity contribution in [2.45, 2.75) is 31.3 Å². The van der Waals surface area contributed by atoms with E-state index in [1.807, 2.05) is 38.1 Å². The van der Waals surface area contributed by atoms with E-state index in [1.165, 1.54) is 11.8 Å². The van der Waals surface area contributed by atoms with Crippen molar-refractivity contribution in [3.63, 3.8) is 0 Å². The number of halogens is 1. The van der Waals surface area contributed by atoms with Gasteiger partial charge in [0.2, 0.25) is 0 Å². The van der Waals surface area contributed by atoms with Gasteiger partial charge in [-0.05, 0) is 43.2 Å². The van der Waals surface area contributed by atoms with Crippen LogP contribution in [0.3, 0.4) is 0 Å². The van der Waals surface area contributed by atoms with Crippen LogP contribution in [-0.4, -0.2) is 28.3 Å². The lowest BCUT2D eigenvalue weighted by Gasteiger charge is -2.12. The largest absolute Gasteiger partial charge is 0.383 e. The van der Waals surface area contributed by atoms with Crippen molar-refractivity contribution < 1.29 is 4.74 Å². The number of rotatable bonds is 6. The lowest BCUT2D eigenvalue weighted by atomic mass is 10.1. The summed E-state index contributed by atoms with van der Waals surface area (Å²) in [5.74, 6) is 0.638. The zero-order valence-corrected chi connectivity index (χ0v) is 18.7. The lowest BCUT2D eigenvalue weighted by molar-refractivity contribution is 0.183. The minimum absolute atomic E-state index is 0.00418. The van der Waals surface area contributed by atoms with Crippen molar-refractivity contribution in [3.8, 4) is 0 Å². The number of ether oxygens (including phenoxy) is 1. The molecule has 4 rings (SSSR count). The summed E-state index contributed by atoms with van der Waals surface area (Å²) >= 11 is 9.42. The molecule has 0 radical (unpaired) electrons. The number of aromatic nitrogens is 3. The summed E-state index contributed by atoms with van der Waals surface area (Å²) in [4.78, 5) is 24.4. The molecule has 150 valence electrons. The Balaban J connectivity index is 1.76. The van der Waals surface area contributed by atoms with Crippen LogP contribution < -0.4 is 5.56 Å². The van der Waals surface area contributed by atoms with E-state index >= 15 is 0 Å². The van der Waals surface area contributed by atoms with Gasteiger partial charge in [-0.2, -0.15) is 0 Å². The molecular weight excluding hydrogens is 426 g/mol. The van der Waals surface area contributed by atoms with Crippen LogP contribution >= 0.6 is 34.7 Å². The number of thioether (sulfide) groups is 1. The highest BCUT2D eigenvalue weighted by molar-refractivity contribution is 7.98. The molecule has 8 heteroatoms. The average molecular weight is 446 g/mol. The Hall–Kier alpha value is -1.93. The minimum Gasteiger partial charge on any atom is -0.383 e. The first-order valence-electron chi connectivity index (χ1n) is 9.15. The third-order valence-corrected chi connectivity index (χ3v) is 7.39. The molecule has 5 nitrogen and oxygen atoms in total. The van der Waals surface area contributed by atoms with Crippen molar-refractivity contribution in [1.82, 2.24) is 14.5 Å². The Morgan fingerprint density at radius 1 is 1.28 bits per heavy atom. The molecule has 0 aliphatic rings. The topological polar surface area (TPSA) is 57.0 Å². The Morgan fingerprint density at radius 2 is 2.10 bits per heavy atom. The van der Waals surface area contributed by atoms with Crippen LogP contribution in [0.1, 0.15) is 16.0 Å². The molecule has 0 aliphatic carbocycles. The predicted octanol–water partition coefficient (Wildman–Crippen LogP) is 5.22. The van der Waals surface area contributed by atoms with Gasteiger partial charge in [0, 0.05) is 34.3 Å². The van der Waals surface area contributed by atoms with Gasteiger partial charge in [0.1, 0.15) is 4.83 Å². The van der Waals surface area contributed by atoms with Crippen LogP contribution in [0.2, 0.25) is 5.02 Å². The smallest absolute Gasteiger partial charge is 0.263 e. The molecule has 4 aromatic rings. The van der Waals surface area contributed by atoms with Crippen molar-refractivity contribution in [1.29, 1.82) is 0 Å². The highest BCUT2D eigenvalue weighted by Crippen LogP contribution is 2.31. The SMILES string of the molecule is COCCn1c(SCc2ccc(Cl)c3cccnc23)nc2sc(C)c(C)c2c1=O. The first-order chi connectivity index (χ1) is 14.0. The van der Waals surface area contributed by atoms with E-state index in [-0.39, 0.29) is 5.56 Å². The molecule has 0 atom stereocenters. The van der Waals surface area contributed by atoms with Gasteiger partial charge in [-0.1, -0.05) is 29.4 Å². The standard InChI is InChI=1S/C21H20ClN3O2S2/c1-12-13(2)29-19-17(12)20(26)25(9-10-27-3)21(24-19)28-11-14-6-7-16(22)15-5-4-8-23-18(14)15/h4-8H,9-11H2,1-3H3. The summed E-state index contributed by atoms with van der Waals surface area (Å²) in [6.45, 7) is 4.93. The summed E-state index contributed by atoms with van der Waals surface area (Å²) in [5, 5.41) is 3.02. The Bertz CT molecular complexity index is 1270. The third kappa shape index (κ3) is 3.80. The van der Waals surface area contributed by atoms with Crippen LogP contribution in [0.5, 0.6) is 0 Å². The molecule has 1 aromatic carbocycles. The van der Waals surface area contributed by atoms with Crippen LogP contribution in [0.25, 0.3) is 21.1 Å². The highest BCUT2D eigenvalue weighted by Gasteiger charge is 2.17. The molecule has 29 heavy (non-hydrogen) atoms. The van der Waals surface area contributed by atoms with Gasteiger partial charge in [-0.25, -0.2) is 4.98 Å². The maximum atomic E-state index is 13.2. The maximum Gasteiger partial charge on any atom is 0.263 e. The Kier molecular flexibility index (Phi) is 5.92. The summed E-state index contributed by atoms with van der Waals surface area (Å²) in [5.41, 5.74) is 2.94. The summed E-state index contributed by atoms with van der Waals surface area (Å²) in [7, 11) is 1.63. The number of pyridine rings is 1. The van der Waals surface area contributed by atoms with E-state index in [4.69, 9.17) is 21.3 Å². The number of hydrogen-bond acceptors (Lipinski definition) is 6. The number of methoxy groups -OCH3 is 1. The third-order valence-electron chi connectivity index (χ3n) is 4.93.